The highest BCUT2D eigenvalue weighted by atomic mass is 35.5. The van der Waals surface area contributed by atoms with Crippen molar-refractivity contribution in [1.29, 1.82) is 5.26 Å². The Balaban J connectivity index is 2.22. The molecule has 2 aromatic rings. The van der Waals surface area contributed by atoms with Crippen molar-refractivity contribution in [3.63, 3.8) is 0 Å². The maximum Gasteiger partial charge on any atom is 0.247 e. The fraction of sp³-hybridized carbons (Fsp3) is 0.286. The Labute approximate surface area is 142 Å². The van der Waals surface area contributed by atoms with E-state index in [1.807, 2.05) is 13.0 Å². The molecule has 0 saturated carbocycles. The molecule has 1 atom stereocenters. The second-order valence-corrected chi connectivity index (χ2v) is 5.96. The Hall–Kier alpha value is -2.24. The van der Waals surface area contributed by atoms with E-state index in [0.29, 0.717) is 22.3 Å². The monoisotopic (exact) mass is 350 g/mol. The molecule has 1 unspecified atom stereocenters. The topological polar surface area (TPSA) is 110 Å². The first-order chi connectivity index (χ1) is 11.1. The van der Waals surface area contributed by atoms with Gasteiger partial charge in [-0.05, 0) is 30.7 Å². The summed E-state index contributed by atoms with van der Waals surface area (Å²) in [6.07, 6.45) is 0.502. The molecule has 0 fully saturated rings. The molecule has 23 heavy (non-hydrogen) atoms. The van der Waals surface area contributed by atoms with E-state index in [9.17, 15) is 4.79 Å². The van der Waals surface area contributed by atoms with Crippen molar-refractivity contribution in [2.45, 2.75) is 24.5 Å². The van der Waals surface area contributed by atoms with Crippen molar-refractivity contribution < 1.29 is 4.79 Å². The zero-order valence-electron chi connectivity index (χ0n) is 12.4. The van der Waals surface area contributed by atoms with Crippen LogP contribution in [0.4, 0.5) is 11.6 Å². The van der Waals surface area contributed by atoms with Crippen LogP contribution in [0.1, 0.15) is 19.4 Å². The average Bonchev–Trinajstić information content (AvgIpc) is 2.89. The third kappa shape index (κ3) is 4.15. The minimum absolute atomic E-state index is 0.142. The molecule has 120 valence electrons. The molecule has 0 aliphatic carbocycles. The lowest BCUT2D eigenvalue weighted by molar-refractivity contribution is -0.119. The average molecular weight is 351 g/mol. The minimum Gasteiger partial charge on any atom is -0.368 e. The van der Waals surface area contributed by atoms with Gasteiger partial charge in [-0.3, -0.25) is 9.36 Å². The number of hydrogen-bond donors (Lipinski definition) is 2. The molecule has 0 aliphatic rings. The molecule has 1 amide bonds. The van der Waals surface area contributed by atoms with Crippen LogP contribution in [-0.4, -0.2) is 26.4 Å². The molecule has 7 nitrogen and oxygen atoms in total. The van der Waals surface area contributed by atoms with E-state index in [4.69, 9.17) is 22.6 Å². The smallest absolute Gasteiger partial charge is 0.247 e. The Morgan fingerprint density at radius 2 is 2.17 bits per heavy atom. The molecule has 1 heterocycles. The summed E-state index contributed by atoms with van der Waals surface area (Å²) in [6, 6.07) is 8.26. The van der Waals surface area contributed by atoms with Gasteiger partial charge in [0, 0.05) is 10.7 Å². The number of thioether (sulfide) groups is 1. The number of anilines is 2. The van der Waals surface area contributed by atoms with Crippen molar-refractivity contribution in [3.8, 4) is 6.07 Å². The second kappa shape index (κ2) is 7.85. The Kier molecular flexibility index (Phi) is 5.84. The number of carbonyl (C=O) groups is 1. The maximum atomic E-state index is 12.6. The van der Waals surface area contributed by atoms with Gasteiger partial charge in [-0.15, -0.1) is 10.2 Å². The van der Waals surface area contributed by atoms with Gasteiger partial charge in [0.25, 0.3) is 0 Å². The van der Waals surface area contributed by atoms with Crippen LogP contribution < -0.4 is 11.1 Å². The molecule has 1 aromatic heterocycles. The Morgan fingerprint density at radius 1 is 1.48 bits per heavy atom. The summed E-state index contributed by atoms with van der Waals surface area (Å²) in [4.78, 5) is 12.6. The number of amides is 1. The van der Waals surface area contributed by atoms with Gasteiger partial charge in [0.05, 0.1) is 11.8 Å². The first-order valence-electron chi connectivity index (χ1n) is 6.83. The number of nitriles is 1. The van der Waals surface area contributed by atoms with Crippen LogP contribution in [0.5, 0.6) is 0 Å². The van der Waals surface area contributed by atoms with Crippen LogP contribution >= 0.6 is 23.4 Å². The number of rotatable bonds is 6. The van der Waals surface area contributed by atoms with Crippen molar-refractivity contribution in [2.24, 2.45) is 0 Å². The van der Waals surface area contributed by atoms with Crippen LogP contribution in [0, 0.1) is 11.3 Å². The lowest BCUT2D eigenvalue weighted by Gasteiger charge is -2.18. The van der Waals surface area contributed by atoms with Crippen molar-refractivity contribution in [3.05, 3.63) is 29.3 Å². The predicted octanol–water partition coefficient (Wildman–Crippen LogP) is 2.72. The summed E-state index contributed by atoms with van der Waals surface area (Å²) in [5.74, 6) is 0.108. The first-order valence-corrected chi connectivity index (χ1v) is 8.19. The zero-order valence-corrected chi connectivity index (χ0v) is 13.9. The summed E-state index contributed by atoms with van der Waals surface area (Å²) in [7, 11) is 0. The van der Waals surface area contributed by atoms with E-state index in [0.717, 1.165) is 0 Å². The van der Waals surface area contributed by atoms with E-state index in [2.05, 4.69) is 15.5 Å². The standard InChI is InChI=1S/C14H15ClN6OS/c1-2-11(12(22)18-10-5-3-9(15)4-6-10)21-13(17)19-20-14(21)23-8-7-16/h3-6,11H,2,8H2,1H3,(H2,17,19)(H,18,22). The number of nitrogens with two attached hydrogens (primary N) is 1. The third-order valence-corrected chi connectivity index (χ3v) is 4.13. The van der Waals surface area contributed by atoms with Gasteiger partial charge in [-0.2, -0.15) is 5.26 Å². The van der Waals surface area contributed by atoms with E-state index >= 15 is 0 Å². The quantitative estimate of drug-likeness (QED) is 0.775. The molecule has 0 spiro atoms. The summed E-state index contributed by atoms with van der Waals surface area (Å²) in [5, 5.41) is 20.3. The molecule has 9 heteroatoms. The van der Waals surface area contributed by atoms with Gasteiger partial charge >= 0.3 is 0 Å². The highest BCUT2D eigenvalue weighted by molar-refractivity contribution is 7.99. The summed E-state index contributed by atoms with van der Waals surface area (Å²) in [5.41, 5.74) is 6.47. The lowest BCUT2D eigenvalue weighted by Crippen LogP contribution is -2.27. The van der Waals surface area contributed by atoms with Gasteiger partial charge in [0.1, 0.15) is 6.04 Å². The molecular formula is C14H15ClN6OS. The van der Waals surface area contributed by atoms with Gasteiger partial charge in [-0.1, -0.05) is 30.3 Å². The van der Waals surface area contributed by atoms with Crippen molar-refractivity contribution >= 4 is 40.9 Å². The zero-order chi connectivity index (χ0) is 16.8. The molecule has 3 N–H and O–H groups in total. The van der Waals surface area contributed by atoms with E-state index in [1.165, 1.54) is 11.8 Å². The van der Waals surface area contributed by atoms with Gasteiger partial charge in [-0.25, -0.2) is 0 Å². The number of aromatic nitrogens is 3. The number of benzene rings is 1. The first kappa shape index (κ1) is 17.1. The van der Waals surface area contributed by atoms with Crippen LogP contribution in [0.3, 0.4) is 0 Å². The highest BCUT2D eigenvalue weighted by Crippen LogP contribution is 2.26. The summed E-state index contributed by atoms with van der Waals surface area (Å²) >= 11 is 7.02. The fourth-order valence-electron chi connectivity index (χ4n) is 2.02. The van der Waals surface area contributed by atoms with E-state index < -0.39 is 6.04 Å². The minimum atomic E-state index is -0.568. The van der Waals surface area contributed by atoms with Crippen LogP contribution in [0.15, 0.2) is 29.4 Å². The van der Waals surface area contributed by atoms with Gasteiger partial charge < -0.3 is 11.1 Å². The number of carbonyl (C=O) groups excluding carboxylic acids is 1. The summed E-state index contributed by atoms with van der Waals surface area (Å²) < 4.78 is 1.55. The SMILES string of the molecule is CCC(C(=O)Nc1ccc(Cl)cc1)n1c(N)nnc1SCC#N. The summed E-state index contributed by atoms with van der Waals surface area (Å²) in [6.45, 7) is 1.87. The highest BCUT2D eigenvalue weighted by Gasteiger charge is 2.24. The van der Waals surface area contributed by atoms with Crippen LogP contribution in [0.25, 0.3) is 0 Å². The number of hydrogen-bond acceptors (Lipinski definition) is 6. The van der Waals surface area contributed by atoms with Crippen LogP contribution in [-0.2, 0) is 4.79 Å². The van der Waals surface area contributed by atoms with E-state index in [-0.39, 0.29) is 17.6 Å². The van der Waals surface area contributed by atoms with Gasteiger partial charge in [0.2, 0.25) is 11.9 Å². The molecule has 1 aromatic carbocycles. The molecule has 0 aliphatic heterocycles. The van der Waals surface area contributed by atoms with Crippen LogP contribution in [0.2, 0.25) is 5.02 Å². The Morgan fingerprint density at radius 3 is 2.78 bits per heavy atom. The largest absolute Gasteiger partial charge is 0.368 e. The van der Waals surface area contributed by atoms with Gasteiger partial charge in [0.15, 0.2) is 5.16 Å². The Bertz CT molecular complexity index is 724. The molecular weight excluding hydrogens is 336 g/mol. The van der Waals surface area contributed by atoms with Crippen molar-refractivity contribution in [2.75, 3.05) is 16.8 Å². The lowest BCUT2D eigenvalue weighted by atomic mass is 10.2. The van der Waals surface area contributed by atoms with Crippen molar-refractivity contribution in [1.82, 2.24) is 14.8 Å². The maximum absolute atomic E-state index is 12.6. The molecule has 0 saturated heterocycles. The van der Waals surface area contributed by atoms with E-state index in [1.54, 1.807) is 28.8 Å². The number of halogens is 1. The second-order valence-electron chi connectivity index (χ2n) is 4.58. The fourth-order valence-corrected chi connectivity index (χ4v) is 2.80. The third-order valence-electron chi connectivity index (χ3n) is 3.07. The normalized spacial score (nSPS) is 11.7. The molecule has 0 bridgehead atoms. The number of nitrogen functional groups attached to an aromatic ring is 1. The molecule has 0 radical (unpaired) electrons. The number of nitrogens with zero attached hydrogens (tertiary/aromatic N) is 4. The number of nitrogens with one attached hydrogen (secondary N) is 1. The predicted molar refractivity (Wildman–Crippen MR) is 90.2 cm³/mol. The molecule has 2 rings (SSSR count).